The van der Waals surface area contributed by atoms with Gasteiger partial charge in [-0.05, 0) is 18.0 Å². The Bertz CT molecular complexity index is 336. The molecule has 0 atom stereocenters. The summed E-state index contributed by atoms with van der Waals surface area (Å²) in [6, 6.07) is 0. The number of hydrogen-bond acceptors (Lipinski definition) is 6. The second kappa shape index (κ2) is 6.51. The summed E-state index contributed by atoms with van der Waals surface area (Å²) in [5.74, 6) is -0.227. The molecule has 0 aliphatic rings. The van der Waals surface area contributed by atoms with Crippen molar-refractivity contribution in [2.75, 3.05) is 26.3 Å². The van der Waals surface area contributed by atoms with Crippen molar-refractivity contribution < 1.29 is 15.0 Å². The van der Waals surface area contributed by atoms with Crippen LogP contribution in [-0.4, -0.2) is 56.9 Å². The van der Waals surface area contributed by atoms with Gasteiger partial charge < -0.3 is 15.1 Å². The molecule has 7 heteroatoms. The maximum atomic E-state index is 12.0. The summed E-state index contributed by atoms with van der Waals surface area (Å²) in [6.45, 7) is 2.07. The minimum Gasteiger partial charge on any atom is -0.395 e. The zero-order valence-electron chi connectivity index (χ0n) is 9.09. The van der Waals surface area contributed by atoms with Gasteiger partial charge in [0.15, 0.2) is 0 Å². The Morgan fingerprint density at radius 3 is 2.50 bits per heavy atom. The number of aromatic nitrogens is 2. The summed E-state index contributed by atoms with van der Waals surface area (Å²) >= 11 is 1.05. The van der Waals surface area contributed by atoms with Gasteiger partial charge in [-0.15, -0.1) is 5.10 Å². The zero-order valence-corrected chi connectivity index (χ0v) is 9.90. The van der Waals surface area contributed by atoms with Gasteiger partial charge in [0.25, 0.3) is 5.91 Å². The topological polar surface area (TPSA) is 86.6 Å². The molecule has 0 bridgehead atoms. The van der Waals surface area contributed by atoms with Gasteiger partial charge in [0, 0.05) is 13.1 Å². The zero-order chi connectivity index (χ0) is 12.0. The van der Waals surface area contributed by atoms with Gasteiger partial charge in [0.2, 0.25) is 0 Å². The fourth-order valence-corrected chi connectivity index (χ4v) is 2.02. The molecule has 0 spiro atoms. The normalized spacial score (nSPS) is 10.4. The van der Waals surface area contributed by atoms with Crippen molar-refractivity contribution in [3.05, 3.63) is 10.6 Å². The Hall–Kier alpha value is -1.05. The Labute approximate surface area is 97.7 Å². The lowest BCUT2D eigenvalue weighted by atomic mass is 10.2. The number of aliphatic hydroxyl groups excluding tert-OH is 2. The molecule has 0 saturated heterocycles. The van der Waals surface area contributed by atoms with Gasteiger partial charge in [0.1, 0.15) is 4.88 Å². The molecular formula is C9H15N3O3S. The third-order valence-corrected chi connectivity index (χ3v) is 2.87. The van der Waals surface area contributed by atoms with E-state index in [4.69, 9.17) is 10.2 Å². The summed E-state index contributed by atoms with van der Waals surface area (Å²) < 4.78 is 3.74. The third-order valence-electron chi connectivity index (χ3n) is 2.11. The van der Waals surface area contributed by atoms with Crippen LogP contribution in [0.25, 0.3) is 0 Å². The predicted molar refractivity (Wildman–Crippen MR) is 59.4 cm³/mol. The molecule has 90 valence electrons. The molecule has 1 heterocycles. The average Bonchev–Trinajstić information content (AvgIpc) is 2.75. The van der Waals surface area contributed by atoms with E-state index in [9.17, 15) is 4.79 Å². The number of aryl methyl sites for hydroxylation is 1. The highest BCUT2D eigenvalue weighted by Crippen LogP contribution is 2.14. The molecule has 2 N–H and O–H groups in total. The molecule has 1 aromatic rings. The fourth-order valence-electron chi connectivity index (χ4n) is 1.30. The van der Waals surface area contributed by atoms with E-state index in [-0.39, 0.29) is 32.2 Å². The van der Waals surface area contributed by atoms with E-state index in [2.05, 4.69) is 9.59 Å². The van der Waals surface area contributed by atoms with Crippen LogP contribution in [0, 0.1) is 0 Å². The summed E-state index contributed by atoms with van der Waals surface area (Å²) in [6.07, 6.45) is 0.643. The van der Waals surface area contributed by atoms with Crippen LogP contribution in [0.4, 0.5) is 0 Å². The van der Waals surface area contributed by atoms with Gasteiger partial charge in [-0.3, -0.25) is 4.79 Å². The van der Waals surface area contributed by atoms with E-state index >= 15 is 0 Å². The summed E-state index contributed by atoms with van der Waals surface area (Å²) in [5.41, 5.74) is 0.663. The number of carbonyl (C=O) groups is 1. The Balaban J connectivity index is 2.81. The first kappa shape index (κ1) is 13.0. The van der Waals surface area contributed by atoms with Crippen LogP contribution in [0.3, 0.4) is 0 Å². The van der Waals surface area contributed by atoms with Crippen molar-refractivity contribution in [1.82, 2.24) is 14.5 Å². The van der Waals surface area contributed by atoms with E-state index in [1.807, 2.05) is 6.92 Å². The van der Waals surface area contributed by atoms with Crippen LogP contribution in [-0.2, 0) is 6.42 Å². The van der Waals surface area contributed by atoms with Crippen LogP contribution in [0.15, 0.2) is 0 Å². The number of hydrogen-bond donors (Lipinski definition) is 2. The van der Waals surface area contributed by atoms with Crippen LogP contribution in [0.5, 0.6) is 0 Å². The van der Waals surface area contributed by atoms with Gasteiger partial charge in [-0.1, -0.05) is 11.4 Å². The predicted octanol–water partition coefficient (Wildman–Crippen LogP) is -0.473. The fraction of sp³-hybridized carbons (Fsp3) is 0.667. The van der Waals surface area contributed by atoms with Crippen LogP contribution < -0.4 is 0 Å². The molecule has 0 unspecified atom stereocenters. The summed E-state index contributed by atoms with van der Waals surface area (Å²) in [5, 5.41) is 21.5. The van der Waals surface area contributed by atoms with E-state index in [1.165, 1.54) is 4.90 Å². The highest BCUT2D eigenvalue weighted by Gasteiger charge is 2.20. The van der Waals surface area contributed by atoms with Crippen molar-refractivity contribution in [1.29, 1.82) is 0 Å². The first-order valence-electron chi connectivity index (χ1n) is 5.06. The summed E-state index contributed by atoms with van der Waals surface area (Å²) in [4.78, 5) is 13.9. The molecule has 0 fully saturated rings. The molecule has 1 rings (SSSR count). The second-order valence-electron chi connectivity index (χ2n) is 3.14. The van der Waals surface area contributed by atoms with E-state index in [0.29, 0.717) is 17.0 Å². The summed E-state index contributed by atoms with van der Waals surface area (Å²) in [7, 11) is 0. The SMILES string of the molecule is CCc1nnsc1C(=O)N(CCO)CCO. The molecule has 6 nitrogen and oxygen atoms in total. The highest BCUT2D eigenvalue weighted by atomic mass is 32.1. The molecule has 1 aromatic heterocycles. The average molecular weight is 245 g/mol. The van der Waals surface area contributed by atoms with Gasteiger partial charge in [-0.25, -0.2) is 0 Å². The lowest BCUT2D eigenvalue weighted by Crippen LogP contribution is -2.35. The Morgan fingerprint density at radius 1 is 1.38 bits per heavy atom. The number of rotatable bonds is 6. The van der Waals surface area contributed by atoms with Crippen molar-refractivity contribution in [2.45, 2.75) is 13.3 Å². The first-order chi connectivity index (χ1) is 7.74. The second-order valence-corrected chi connectivity index (χ2v) is 3.90. The van der Waals surface area contributed by atoms with Crippen LogP contribution in [0.2, 0.25) is 0 Å². The smallest absolute Gasteiger partial charge is 0.267 e. The standard InChI is InChI=1S/C9H15N3O3S/c1-2-7-8(16-11-10-7)9(15)12(3-5-13)4-6-14/h13-14H,2-6H2,1H3. The molecule has 0 saturated carbocycles. The van der Waals surface area contributed by atoms with E-state index in [1.54, 1.807) is 0 Å². The highest BCUT2D eigenvalue weighted by molar-refractivity contribution is 7.07. The maximum absolute atomic E-state index is 12.0. The Morgan fingerprint density at radius 2 is 2.00 bits per heavy atom. The van der Waals surface area contributed by atoms with Crippen LogP contribution >= 0.6 is 11.5 Å². The molecule has 0 aliphatic heterocycles. The number of aliphatic hydroxyl groups is 2. The Kier molecular flexibility index (Phi) is 5.30. The van der Waals surface area contributed by atoms with Gasteiger partial charge >= 0.3 is 0 Å². The van der Waals surface area contributed by atoms with E-state index < -0.39 is 0 Å². The quantitative estimate of drug-likeness (QED) is 0.707. The monoisotopic (exact) mass is 245 g/mol. The van der Waals surface area contributed by atoms with Crippen molar-refractivity contribution in [2.24, 2.45) is 0 Å². The van der Waals surface area contributed by atoms with Gasteiger partial charge in [0.05, 0.1) is 18.9 Å². The van der Waals surface area contributed by atoms with E-state index in [0.717, 1.165) is 11.5 Å². The molecule has 0 aliphatic carbocycles. The largest absolute Gasteiger partial charge is 0.395 e. The minimum atomic E-state index is -0.227. The lowest BCUT2D eigenvalue weighted by Gasteiger charge is -2.19. The number of amides is 1. The van der Waals surface area contributed by atoms with Crippen molar-refractivity contribution in [3.8, 4) is 0 Å². The van der Waals surface area contributed by atoms with Crippen LogP contribution in [0.1, 0.15) is 22.3 Å². The number of carbonyl (C=O) groups excluding carboxylic acids is 1. The third kappa shape index (κ3) is 2.97. The molecule has 16 heavy (non-hydrogen) atoms. The van der Waals surface area contributed by atoms with Crippen molar-refractivity contribution >= 4 is 17.4 Å². The van der Waals surface area contributed by atoms with Crippen molar-refractivity contribution in [3.63, 3.8) is 0 Å². The number of nitrogens with zero attached hydrogens (tertiary/aromatic N) is 3. The maximum Gasteiger partial charge on any atom is 0.267 e. The molecular weight excluding hydrogens is 230 g/mol. The molecule has 0 radical (unpaired) electrons. The molecule has 1 amide bonds. The minimum absolute atomic E-state index is 0.126. The lowest BCUT2D eigenvalue weighted by molar-refractivity contribution is 0.0688. The first-order valence-corrected chi connectivity index (χ1v) is 5.84. The van der Waals surface area contributed by atoms with Gasteiger partial charge in [-0.2, -0.15) is 0 Å². The molecule has 0 aromatic carbocycles.